The van der Waals surface area contributed by atoms with E-state index in [0.717, 1.165) is 36.0 Å². The van der Waals surface area contributed by atoms with Crippen LogP contribution in [0.2, 0.25) is 0 Å². The maximum absolute atomic E-state index is 10.8. The molecule has 0 radical (unpaired) electrons. The molecule has 3 saturated carbocycles. The first kappa shape index (κ1) is 23.8. The van der Waals surface area contributed by atoms with Gasteiger partial charge in [0, 0.05) is 5.41 Å². The standard InChI is InChI=1S/C29H50O2/c1-18(2)9-8-10-19(3)21-12-13-22-20-11-14-25-27(4,5)26(31)24(30)17-29(25,7)23(20)15-16-28(21,22)6/h14,18-24,26,30-31H,8-13,15-17H2,1-7H3/t19-,20+,21-,22+,23+,24+,26-,28-,29-/m1/s1. The zero-order valence-electron chi connectivity index (χ0n) is 21.5. The Hall–Kier alpha value is -0.340. The second-order valence-electron chi connectivity index (χ2n) is 13.6. The summed E-state index contributed by atoms with van der Waals surface area (Å²) in [6.45, 7) is 16.6. The maximum atomic E-state index is 10.8. The van der Waals surface area contributed by atoms with E-state index in [-0.39, 0.29) is 10.8 Å². The molecule has 0 spiro atoms. The quantitative estimate of drug-likeness (QED) is 0.461. The first-order valence-corrected chi connectivity index (χ1v) is 13.5. The molecule has 4 aliphatic rings. The minimum atomic E-state index is -0.639. The van der Waals surface area contributed by atoms with Crippen LogP contribution in [-0.4, -0.2) is 22.4 Å². The summed E-state index contributed by atoms with van der Waals surface area (Å²) in [4.78, 5) is 0. The van der Waals surface area contributed by atoms with Crippen molar-refractivity contribution in [2.75, 3.05) is 0 Å². The number of hydrogen-bond donors (Lipinski definition) is 2. The number of aliphatic hydroxyl groups excluding tert-OH is 2. The van der Waals surface area contributed by atoms with E-state index in [1.807, 2.05) is 0 Å². The Morgan fingerprint density at radius 2 is 1.68 bits per heavy atom. The zero-order valence-corrected chi connectivity index (χ0v) is 21.5. The highest BCUT2D eigenvalue weighted by Crippen LogP contribution is 2.69. The monoisotopic (exact) mass is 430 g/mol. The van der Waals surface area contributed by atoms with E-state index in [1.165, 1.54) is 56.9 Å². The van der Waals surface area contributed by atoms with E-state index >= 15 is 0 Å². The first-order valence-electron chi connectivity index (χ1n) is 13.5. The molecule has 0 aliphatic heterocycles. The van der Waals surface area contributed by atoms with Crippen LogP contribution in [0, 0.1) is 51.8 Å². The fraction of sp³-hybridized carbons (Fsp3) is 0.931. The number of hydrogen-bond acceptors (Lipinski definition) is 2. The van der Waals surface area contributed by atoms with Gasteiger partial charge in [0.05, 0.1) is 12.2 Å². The maximum Gasteiger partial charge on any atom is 0.0887 e. The van der Waals surface area contributed by atoms with Crippen molar-refractivity contribution in [1.82, 2.24) is 0 Å². The average molecular weight is 431 g/mol. The summed E-state index contributed by atoms with van der Waals surface area (Å²) in [7, 11) is 0. The molecule has 2 nitrogen and oxygen atoms in total. The molecular weight excluding hydrogens is 380 g/mol. The summed E-state index contributed by atoms with van der Waals surface area (Å²) in [6, 6.07) is 0. The van der Waals surface area contributed by atoms with Gasteiger partial charge in [0.15, 0.2) is 0 Å². The van der Waals surface area contributed by atoms with Gasteiger partial charge >= 0.3 is 0 Å². The Kier molecular flexibility index (Phi) is 6.26. The number of aliphatic hydroxyl groups is 2. The topological polar surface area (TPSA) is 40.5 Å². The predicted molar refractivity (Wildman–Crippen MR) is 130 cm³/mol. The molecule has 9 atom stereocenters. The minimum Gasteiger partial charge on any atom is -0.390 e. The lowest BCUT2D eigenvalue weighted by Gasteiger charge is -2.62. The van der Waals surface area contributed by atoms with E-state index in [1.54, 1.807) is 0 Å². The van der Waals surface area contributed by atoms with Crippen LogP contribution in [0.25, 0.3) is 0 Å². The van der Waals surface area contributed by atoms with Gasteiger partial charge in [-0.15, -0.1) is 0 Å². The summed E-state index contributed by atoms with van der Waals surface area (Å²) in [5.74, 6) is 4.83. The van der Waals surface area contributed by atoms with Gasteiger partial charge in [0.25, 0.3) is 0 Å². The largest absolute Gasteiger partial charge is 0.390 e. The molecule has 4 rings (SSSR count). The van der Waals surface area contributed by atoms with Gasteiger partial charge in [0.2, 0.25) is 0 Å². The highest BCUT2D eigenvalue weighted by atomic mass is 16.3. The van der Waals surface area contributed by atoms with Crippen molar-refractivity contribution in [3.05, 3.63) is 11.6 Å². The Balaban J connectivity index is 1.56. The van der Waals surface area contributed by atoms with E-state index < -0.39 is 12.2 Å². The summed E-state index contributed by atoms with van der Waals surface area (Å²) >= 11 is 0. The summed E-state index contributed by atoms with van der Waals surface area (Å²) < 4.78 is 0. The SMILES string of the molecule is CC(C)CCC[C@@H](C)[C@H]1CC[C@H]2[C@@H]3CC=C4C(C)(C)[C@H](O)[C@@H](O)C[C@]4(C)[C@H]3CC[C@]12C. The van der Waals surface area contributed by atoms with Crippen LogP contribution in [-0.2, 0) is 0 Å². The summed E-state index contributed by atoms with van der Waals surface area (Å²) in [5.41, 5.74) is 1.68. The van der Waals surface area contributed by atoms with Crippen molar-refractivity contribution < 1.29 is 10.2 Å². The highest BCUT2D eigenvalue weighted by Gasteiger charge is 2.62. The lowest BCUT2D eigenvalue weighted by atomic mass is 9.44. The highest BCUT2D eigenvalue weighted by molar-refractivity contribution is 5.32. The molecule has 3 fully saturated rings. The molecule has 31 heavy (non-hydrogen) atoms. The third-order valence-corrected chi connectivity index (χ3v) is 11.1. The van der Waals surface area contributed by atoms with Gasteiger partial charge in [-0.1, -0.05) is 79.4 Å². The lowest BCUT2D eigenvalue weighted by Crippen LogP contribution is -2.58. The van der Waals surface area contributed by atoms with Crippen LogP contribution >= 0.6 is 0 Å². The van der Waals surface area contributed by atoms with Crippen LogP contribution in [0.5, 0.6) is 0 Å². The number of rotatable bonds is 5. The van der Waals surface area contributed by atoms with E-state index in [2.05, 4.69) is 54.5 Å². The molecule has 0 aromatic carbocycles. The van der Waals surface area contributed by atoms with Crippen molar-refractivity contribution in [1.29, 1.82) is 0 Å². The molecule has 0 bridgehead atoms. The van der Waals surface area contributed by atoms with Crippen molar-refractivity contribution in [3.63, 3.8) is 0 Å². The predicted octanol–water partition coefficient (Wildman–Crippen LogP) is 7.00. The normalized spacial score (nSPS) is 47.4. The molecule has 2 N–H and O–H groups in total. The lowest BCUT2D eigenvalue weighted by molar-refractivity contribution is -0.126. The van der Waals surface area contributed by atoms with Gasteiger partial charge in [-0.2, -0.15) is 0 Å². The van der Waals surface area contributed by atoms with Crippen molar-refractivity contribution in [3.8, 4) is 0 Å². The second kappa shape index (κ2) is 8.15. The van der Waals surface area contributed by atoms with Crippen LogP contribution in [0.3, 0.4) is 0 Å². The molecule has 0 unspecified atom stereocenters. The molecule has 0 amide bonds. The molecule has 4 aliphatic carbocycles. The Labute approximate surface area is 192 Å². The summed E-state index contributed by atoms with van der Waals surface area (Å²) in [6.07, 6.45) is 12.9. The third-order valence-electron chi connectivity index (χ3n) is 11.1. The van der Waals surface area contributed by atoms with Gasteiger partial charge in [-0.05, 0) is 84.9 Å². The van der Waals surface area contributed by atoms with Gasteiger partial charge in [-0.3, -0.25) is 0 Å². The second-order valence-corrected chi connectivity index (χ2v) is 13.6. The summed E-state index contributed by atoms with van der Waals surface area (Å²) in [5, 5.41) is 21.6. The number of allylic oxidation sites excluding steroid dienone is 1. The van der Waals surface area contributed by atoms with Gasteiger partial charge in [-0.25, -0.2) is 0 Å². The minimum absolute atomic E-state index is 0.0490. The fourth-order valence-electron chi connectivity index (χ4n) is 9.57. The van der Waals surface area contributed by atoms with Crippen LogP contribution in [0.1, 0.15) is 106 Å². The van der Waals surface area contributed by atoms with Crippen LogP contribution in [0.4, 0.5) is 0 Å². The Bertz CT molecular complexity index is 693. The van der Waals surface area contributed by atoms with E-state index in [4.69, 9.17) is 0 Å². The number of fused-ring (bicyclic) bond motifs is 5. The molecule has 0 aromatic rings. The van der Waals surface area contributed by atoms with Crippen molar-refractivity contribution in [2.45, 2.75) is 118 Å². The molecule has 0 saturated heterocycles. The van der Waals surface area contributed by atoms with Crippen LogP contribution < -0.4 is 0 Å². The first-order chi connectivity index (χ1) is 14.4. The average Bonchev–Trinajstić information content (AvgIpc) is 3.03. The molecule has 2 heteroatoms. The Morgan fingerprint density at radius 1 is 0.968 bits per heavy atom. The van der Waals surface area contributed by atoms with Crippen LogP contribution in [0.15, 0.2) is 11.6 Å². The van der Waals surface area contributed by atoms with Crippen molar-refractivity contribution in [2.24, 2.45) is 51.8 Å². The molecule has 0 aromatic heterocycles. The fourth-order valence-corrected chi connectivity index (χ4v) is 9.57. The molecule has 0 heterocycles. The zero-order chi connectivity index (χ0) is 22.8. The van der Waals surface area contributed by atoms with E-state index in [0.29, 0.717) is 11.3 Å². The molecular formula is C29H50O2. The third kappa shape index (κ3) is 3.67. The van der Waals surface area contributed by atoms with Gasteiger partial charge < -0.3 is 10.2 Å². The van der Waals surface area contributed by atoms with Gasteiger partial charge in [0.1, 0.15) is 0 Å². The smallest absolute Gasteiger partial charge is 0.0887 e. The Morgan fingerprint density at radius 3 is 2.35 bits per heavy atom. The van der Waals surface area contributed by atoms with Crippen molar-refractivity contribution >= 4 is 0 Å². The van der Waals surface area contributed by atoms with E-state index in [9.17, 15) is 10.2 Å². The molecule has 178 valence electrons.